The zero-order valence-electron chi connectivity index (χ0n) is 14.3. The zero-order valence-corrected chi connectivity index (χ0v) is 15.2. The maximum atomic E-state index is 12.3. The van der Waals surface area contributed by atoms with Crippen molar-refractivity contribution < 1.29 is 4.79 Å². The predicted octanol–water partition coefficient (Wildman–Crippen LogP) is 5.02. The van der Waals surface area contributed by atoms with Crippen LogP contribution in [-0.4, -0.2) is 16.1 Å². The van der Waals surface area contributed by atoms with E-state index in [4.69, 9.17) is 0 Å². The topological polar surface area (TPSA) is 83.8 Å². The van der Waals surface area contributed by atoms with E-state index in [-0.39, 0.29) is 5.91 Å². The first-order chi connectivity index (χ1) is 13.1. The van der Waals surface area contributed by atoms with Gasteiger partial charge in [-0.25, -0.2) is 0 Å². The van der Waals surface area contributed by atoms with Crippen LogP contribution in [0.1, 0.15) is 11.1 Å². The Labute approximate surface area is 159 Å². The fourth-order valence-electron chi connectivity index (χ4n) is 2.71. The molecule has 0 radical (unpaired) electrons. The van der Waals surface area contributed by atoms with Gasteiger partial charge in [0.2, 0.25) is 0 Å². The highest BCUT2D eigenvalue weighted by atomic mass is 32.2. The van der Waals surface area contributed by atoms with Crippen LogP contribution in [0.3, 0.4) is 0 Å². The number of fused-ring (bicyclic) bond motifs is 1. The van der Waals surface area contributed by atoms with Gasteiger partial charge in [-0.1, -0.05) is 18.2 Å². The van der Waals surface area contributed by atoms with Gasteiger partial charge in [0.25, 0.3) is 5.91 Å². The zero-order chi connectivity index (χ0) is 18.8. The fourth-order valence-corrected chi connectivity index (χ4v) is 3.54. The van der Waals surface area contributed by atoms with Crippen molar-refractivity contribution in [2.75, 3.05) is 5.32 Å². The number of carbonyl (C=O) groups excluding carboxylic acids is 1. The van der Waals surface area contributed by atoms with Gasteiger partial charge in [-0.3, -0.25) is 9.78 Å². The first kappa shape index (κ1) is 17.1. The number of amidine groups is 1. The molecule has 0 saturated heterocycles. The molecule has 1 aromatic heterocycles. The van der Waals surface area contributed by atoms with E-state index < -0.39 is 0 Å². The summed E-state index contributed by atoms with van der Waals surface area (Å²) in [7, 11) is 0. The van der Waals surface area contributed by atoms with Gasteiger partial charge in [0.15, 0.2) is 5.17 Å². The lowest BCUT2D eigenvalue weighted by molar-refractivity contribution is -0.113. The number of rotatable bonds is 3. The number of hydrogen-bond donors (Lipinski definition) is 1. The van der Waals surface area contributed by atoms with E-state index in [2.05, 4.69) is 20.5 Å². The van der Waals surface area contributed by atoms with Gasteiger partial charge in [0.1, 0.15) is 5.69 Å². The van der Waals surface area contributed by atoms with Crippen LogP contribution in [0, 0.1) is 11.8 Å². The molecule has 27 heavy (non-hydrogen) atoms. The smallest absolute Gasteiger partial charge is 0.286 e. The maximum Gasteiger partial charge on any atom is 0.286 e. The predicted molar refractivity (Wildman–Crippen MR) is 110 cm³/mol. The number of aromatic nitrogens is 1. The molecule has 0 bridgehead atoms. The SMILES string of the molecule is Cc1ccc(N=O)cc1NC1=NC(=O)/C(=C/c2ccc3ncccc3c2)S1. The summed E-state index contributed by atoms with van der Waals surface area (Å²) in [5.41, 5.74) is 3.76. The number of pyridine rings is 1. The summed E-state index contributed by atoms with van der Waals surface area (Å²) in [6.45, 7) is 1.90. The third-order valence-corrected chi connectivity index (χ3v) is 5.01. The molecule has 1 aliphatic rings. The number of aryl methyl sites for hydroxylation is 1. The molecule has 1 aliphatic heterocycles. The van der Waals surface area contributed by atoms with E-state index in [9.17, 15) is 9.70 Å². The number of amides is 1. The molecule has 0 saturated carbocycles. The summed E-state index contributed by atoms with van der Waals surface area (Å²) in [6, 6.07) is 14.8. The van der Waals surface area contributed by atoms with Gasteiger partial charge in [-0.15, -0.1) is 4.91 Å². The second-order valence-corrected chi connectivity index (χ2v) is 7.03. The Hall–Kier alpha value is -3.32. The van der Waals surface area contributed by atoms with Crippen LogP contribution in [0.2, 0.25) is 0 Å². The second kappa shape index (κ2) is 7.13. The van der Waals surface area contributed by atoms with Crippen molar-refractivity contribution in [3.05, 3.63) is 75.7 Å². The maximum absolute atomic E-state index is 12.3. The van der Waals surface area contributed by atoms with Gasteiger partial charge in [-0.05, 0) is 71.4 Å². The van der Waals surface area contributed by atoms with Crippen LogP contribution in [0.5, 0.6) is 0 Å². The molecule has 3 aromatic rings. The Bertz CT molecular complexity index is 1140. The quantitative estimate of drug-likeness (QED) is 0.514. The van der Waals surface area contributed by atoms with Gasteiger partial charge >= 0.3 is 0 Å². The normalized spacial score (nSPS) is 15.2. The minimum atomic E-state index is -0.295. The van der Waals surface area contributed by atoms with Crippen molar-refractivity contribution in [3.8, 4) is 0 Å². The first-order valence-corrected chi connectivity index (χ1v) is 9.02. The van der Waals surface area contributed by atoms with Crippen molar-refractivity contribution in [3.63, 3.8) is 0 Å². The molecule has 2 heterocycles. The van der Waals surface area contributed by atoms with E-state index in [0.29, 0.717) is 21.4 Å². The fraction of sp³-hybridized carbons (Fsp3) is 0.0500. The largest absolute Gasteiger partial charge is 0.334 e. The Morgan fingerprint density at radius 2 is 2.04 bits per heavy atom. The standard InChI is InChI=1S/C20H14N4O2S/c1-12-4-6-15(24-26)11-17(12)22-20-23-19(25)18(27-20)10-13-5-7-16-14(9-13)3-2-8-21-16/h2-11H,1H3,(H,22,23,25)/b18-10-. The van der Waals surface area contributed by atoms with Crippen molar-refractivity contribution in [2.45, 2.75) is 6.92 Å². The molecule has 0 atom stereocenters. The molecule has 0 unspecified atom stereocenters. The molecular formula is C20H14N4O2S. The number of anilines is 1. The van der Waals surface area contributed by atoms with Crippen LogP contribution >= 0.6 is 11.8 Å². The number of thioether (sulfide) groups is 1. The molecular weight excluding hydrogens is 360 g/mol. The molecule has 0 aliphatic carbocycles. The van der Waals surface area contributed by atoms with Crippen LogP contribution < -0.4 is 5.32 Å². The van der Waals surface area contributed by atoms with Gasteiger partial charge in [0.05, 0.1) is 10.4 Å². The second-order valence-electron chi connectivity index (χ2n) is 6.00. The summed E-state index contributed by atoms with van der Waals surface area (Å²) in [5.74, 6) is -0.295. The number of nitrogens with zero attached hydrogens (tertiary/aromatic N) is 3. The van der Waals surface area contributed by atoms with Gasteiger partial charge < -0.3 is 5.32 Å². The van der Waals surface area contributed by atoms with Crippen molar-refractivity contribution >= 4 is 51.2 Å². The summed E-state index contributed by atoms with van der Waals surface area (Å²) in [6.07, 6.45) is 3.56. The van der Waals surface area contributed by atoms with Crippen LogP contribution in [0.4, 0.5) is 11.4 Å². The average molecular weight is 374 g/mol. The Kier molecular flexibility index (Phi) is 4.52. The van der Waals surface area contributed by atoms with E-state index in [1.807, 2.05) is 43.3 Å². The summed E-state index contributed by atoms with van der Waals surface area (Å²) in [5, 5.41) is 7.52. The van der Waals surface area contributed by atoms with Crippen molar-refractivity contribution in [1.82, 2.24) is 4.98 Å². The monoisotopic (exact) mass is 374 g/mol. The minimum Gasteiger partial charge on any atom is -0.334 e. The van der Waals surface area contributed by atoms with Crippen LogP contribution in [0.15, 0.2) is 69.8 Å². The molecule has 132 valence electrons. The lowest BCUT2D eigenvalue weighted by atomic mass is 10.1. The molecule has 0 spiro atoms. The number of carbonyl (C=O) groups is 1. The minimum absolute atomic E-state index is 0.295. The highest BCUT2D eigenvalue weighted by Crippen LogP contribution is 2.31. The number of nitroso groups, excluding NO2 is 1. The molecule has 2 aromatic carbocycles. The van der Waals surface area contributed by atoms with Crippen LogP contribution in [0.25, 0.3) is 17.0 Å². The molecule has 0 fully saturated rings. The molecule has 1 amide bonds. The molecule has 7 heteroatoms. The number of nitrogens with one attached hydrogen (secondary N) is 1. The van der Waals surface area contributed by atoms with Gasteiger partial charge in [-0.2, -0.15) is 4.99 Å². The highest BCUT2D eigenvalue weighted by molar-refractivity contribution is 8.18. The van der Waals surface area contributed by atoms with Crippen LogP contribution in [-0.2, 0) is 4.79 Å². The third-order valence-electron chi connectivity index (χ3n) is 4.11. The average Bonchev–Trinajstić information content (AvgIpc) is 3.02. The van der Waals surface area contributed by atoms with Crippen molar-refractivity contribution in [2.24, 2.45) is 10.2 Å². The summed E-state index contributed by atoms with van der Waals surface area (Å²) in [4.78, 5) is 31.9. The van der Waals surface area contributed by atoms with E-state index in [1.54, 1.807) is 24.4 Å². The van der Waals surface area contributed by atoms with Crippen molar-refractivity contribution in [1.29, 1.82) is 0 Å². The number of benzene rings is 2. The molecule has 1 N–H and O–H groups in total. The highest BCUT2D eigenvalue weighted by Gasteiger charge is 2.22. The third kappa shape index (κ3) is 3.63. The molecule has 4 rings (SSSR count). The Morgan fingerprint density at radius 3 is 2.89 bits per heavy atom. The lowest BCUT2D eigenvalue weighted by Crippen LogP contribution is -2.06. The summed E-state index contributed by atoms with van der Waals surface area (Å²) < 4.78 is 0. The van der Waals surface area contributed by atoms with E-state index in [0.717, 1.165) is 22.0 Å². The Balaban J connectivity index is 1.56. The Morgan fingerprint density at radius 1 is 1.15 bits per heavy atom. The lowest BCUT2D eigenvalue weighted by Gasteiger charge is -2.08. The number of hydrogen-bond acceptors (Lipinski definition) is 6. The number of aliphatic imine (C=N–C) groups is 1. The van der Waals surface area contributed by atoms with E-state index >= 15 is 0 Å². The first-order valence-electron chi connectivity index (χ1n) is 8.21. The van der Waals surface area contributed by atoms with E-state index in [1.165, 1.54) is 11.8 Å². The summed E-state index contributed by atoms with van der Waals surface area (Å²) >= 11 is 1.26. The molecule has 6 nitrogen and oxygen atoms in total. The van der Waals surface area contributed by atoms with Gasteiger partial charge in [0, 0.05) is 17.3 Å².